The summed E-state index contributed by atoms with van der Waals surface area (Å²) in [5, 5.41) is 4.80. The first-order valence-corrected chi connectivity index (χ1v) is 7.28. The third-order valence-corrected chi connectivity index (χ3v) is 4.37. The molecular formula is C16H13NO3S. The molecule has 4 nitrogen and oxygen atoms in total. The van der Waals surface area contributed by atoms with Gasteiger partial charge in [0.05, 0.1) is 18.2 Å². The lowest BCUT2D eigenvalue weighted by atomic mass is 10.0. The number of esters is 1. The second-order valence-electron chi connectivity index (χ2n) is 4.73. The average Bonchev–Trinajstić information content (AvgIpc) is 3.02. The van der Waals surface area contributed by atoms with Crippen LogP contribution in [0.1, 0.15) is 26.4 Å². The molecule has 3 rings (SSSR count). The molecule has 0 radical (unpaired) electrons. The number of anilines is 1. The van der Waals surface area contributed by atoms with Crippen LogP contribution in [0.5, 0.6) is 0 Å². The second kappa shape index (κ2) is 5.18. The maximum Gasteiger partial charge on any atom is 0.337 e. The molecule has 0 spiro atoms. The summed E-state index contributed by atoms with van der Waals surface area (Å²) in [5.74, 6) is -0.566. The van der Waals surface area contributed by atoms with Crippen molar-refractivity contribution in [1.82, 2.24) is 0 Å². The molecule has 0 aliphatic carbocycles. The van der Waals surface area contributed by atoms with Crippen LogP contribution in [-0.2, 0) is 9.53 Å². The Balaban J connectivity index is 2.10. The van der Waals surface area contributed by atoms with Crippen LogP contribution in [0.4, 0.5) is 5.69 Å². The van der Waals surface area contributed by atoms with Gasteiger partial charge < -0.3 is 10.1 Å². The van der Waals surface area contributed by atoms with Crippen molar-refractivity contribution in [3.8, 4) is 0 Å². The maximum absolute atomic E-state index is 12.1. The number of hydrogen-bond donors (Lipinski definition) is 1. The fourth-order valence-corrected chi connectivity index (χ4v) is 3.10. The maximum atomic E-state index is 12.1. The number of aryl methyl sites for hydroxylation is 1. The molecule has 2 heterocycles. The van der Waals surface area contributed by atoms with Gasteiger partial charge in [-0.15, -0.1) is 11.3 Å². The molecule has 2 aromatic rings. The predicted molar refractivity (Wildman–Crippen MR) is 83.3 cm³/mol. The number of hydrogen-bond acceptors (Lipinski definition) is 4. The number of amides is 1. The molecule has 0 fully saturated rings. The molecule has 1 aliphatic rings. The van der Waals surface area contributed by atoms with E-state index in [1.807, 2.05) is 24.4 Å². The van der Waals surface area contributed by atoms with E-state index >= 15 is 0 Å². The third-order valence-electron chi connectivity index (χ3n) is 3.40. The minimum Gasteiger partial charge on any atom is -0.465 e. The van der Waals surface area contributed by atoms with E-state index < -0.39 is 5.97 Å². The Morgan fingerprint density at radius 1 is 1.33 bits per heavy atom. The summed E-state index contributed by atoms with van der Waals surface area (Å²) in [6.07, 6.45) is 1.86. The molecule has 0 saturated carbocycles. The van der Waals surface area contributed by atoms with Gasteiger partial charge in [-0.25, -0.2) is 4.79 Å². The Morgan fingerprint density at radius 3 is 2.81 bits per heavy atom. The van der Waals surface area contributed by atoms with Gasteiger partial charge in [0.25, 0.3) is 5.91 Å². The summed E-state index contributed by atoms with van der Waals surface area (Å²) >= 11 is 1.58. The van der Waals surface area contributed by atoms with E-state index in [-0.39, 0.29) is 5.91 Å². The van der Waals surface area contributed by atoms with E-state index in [2.05, 4.69) is 5.32 Å². The molecule has 1 amide bonds. The quantitative estimate of drug-likeness (QED) is 0.683. The van der Waals surface area contributed by atoms with Gasteiger partial charge in [-0.3, -0.25) is 4.79 Å². The van der Waals surface area contributed by atoms with Gasteiger partial charge in [0.2, 0.25) is 0 Å². The number of carbonyl (C=O) groups excluding carboxylic acids is 2. The molecule has 21 heavy (non-hydrogen) atoms. The highest BCUT2D eigenvalue weighted by Crippen LogP contribution is 2.35. The van der Waals surface area contributed by atoms with Crippen LogP contribution in [0, 0.1) is 6.92 Å². The minimum absolute atomic E-state index is 0.153. The topological polar surface area (TPSA) is 55.4 Å². The molecule has 5 heteroatoms. The summed E-state index contributed by atoms with van der Waals surface area (Å²) in [4.78, 5) is 24.8. The Hall–Kier alpha value is -2.40. The van der Waals surface area contributed by atoms with Crippen LogP contribution >= 0.6 is 11.3 Å². The third kappa shape index (κ3) is 2.36. The first-order valence-electron chi connectivity index (χ1n) is 6.40. The highest BCUT2D eigenvalue weighted by atomic mass is 32.1. The largest absolute Gasteiger partial charge is 0.465 e. The van der Waals surface area contributed by atoms with Crippen LogP contribution in [0.25, 0.3) is 11.6 Å². The number of methoxy groups -OCH3 is 1. The number of rotatable bonds is 2. The van der Waals surface area contributed by atoms with Crippen molar-refractivity contribution >= 4 is 40.5 Å². The lowest BCUT2D eigenvalue weighted by Crippen LogP contribution is -2.03. The van der Waals surface area contributed by atoms with Gasteiger partial charge in [-0.2, -0.15) is 0 Å². The van der Waals surface area contributed by atoms with Crippen molar-refractivity contribution in [3.05, 3.63) is 51.2 Å². The summed E-state index contributed by atoms with van der Waals surface area (Å²) < 4.78 is 4.72. The predicted octanol–water partition coefficient (Wildman–Crippen LogP) is 3.34. The van der Waals surface area contributed by atoms with Crippen molar-refractivity contribution in [2.75, 3.05) is 12.4 Å². The normalized spacial score (nSPS) is 15.0. The molecule has 0 saturated heterocycles. The molecular weight excluding hydrogens is 286 g/mol. The van der Waals surface area contributed by atoms with Gasteiger partial charge in [0, 0.05) is 16.1 Å². The highest BCUT2D eigenvalue weighted by Gasteiger charge is 2.25. The van der Waals surface area contributed by atoms with Crippen LogP contribution in [0.2, 0.25) is 0 Å². The Bertz CT molecular complexity index is 774. The van der Waals surface area contributed by atoms with E-state index in [4.69, 9.17) is 4.74 Å². The molecule has 0 unspecified atom stereocenters. The van der Waals surface area contributed by atoms with Crippen LogP contribution in [0.15, 0.2) is 29.6 Å². The van der Waals surface area contributed by atoms with E-state index in [1.165, 1.54) is 7.11 Å². The zero-order chi connectivity index (χ0) is 15.0. The molecule has 1 aromatic heterocycles. The smallest absolute Gasteiger partial charge is 0.337 e. The number of nitrogens with one attached hydrogen (secondary N) is 1. The van der Waals surface area contributed by atoms with Crippen molar-refractivity contribution < 1.29 is 14.3 Å². The SMILES string of the molecule is COC(=O)c1ccc2c(c1)C(=Cc1sccc1C)C(=O)N2. The Labute approximate surface area is 126 Å². The van der Waals surface area contributed by atoms with Crippen molar-refractivity contribution in [2.45, 2.75) is 6.92 Å². The van der Waals surface area contributed by atoms with Gasteiger partial charge in [0.1, 0.15) is 0 Å². The molecule has 1 aliphatic heterocycles. The molecule has 0 bridgehead atoms. The van der Waals surface area contributed by atoms with Gasteiger partial charge in [0.15, 0.2) is 0 Å². The number of fused-ring (bicyclic) bond motifs is 1. The molecule has 106 valence electrons. The van der Waals surface area contributed by atoms with E-state index in [1.54, 1.807) is 29.5 Å². The first-order chi connectivity index (χ1) is 10.1. The number of ether oxygens (including phenoxy) is 1. The van der Waals surface area contributed by atoms with Gasteiger partial charge in [-0.1, -0.05) is 0 Å². The number of carbonyl (C=O) groups is 2. The summed E-state index contributed by atoms with van der Waals surface area (Å²) in [5.41, 5.74) is 3.57. The first kappa shape index (κ1) is 13.6. The monoisotopic (exact) mass is 299 g/mol. The summed E-state index contributed by atoms with van der Waals surface area (Å²) in [7, 11) is 1.34. The molecule has 1 N–H and O–H groups in total. The van der Waals surface area contributed by atoms with E-state index in [0.717, 1.165) is 16.0 Å². The van der Waals surface area contributed by atoms with Crippen LogP contribution in [0.3, 0.4) is 0 Å². The zero-order valence-corrected chi connectivity index (χ0v) is 12.4. The fourth-order valence-electron chi connectivity index (χ4n) is 2.24. The van der Waals surface area contributed by atoms with Gasteiger partial charge >= 0.3 is 5.97 Å². The second-order valence-corrected chi connectivity index (χ2v) is 5.68. The lowest BCUT2D eigenvalue weighted by Gasteiger charge is -2.03. The van der Waals surface area contributed by atoms with Crippen molar-refractivity contribution in [1.29, 1.82) is 0 Å². The fraction of sp³-hybridized carbons (Fsp3) is 0.125. The van der Waals surface area contributed by atoms with E-state index in [9.17, 15) is 9.59 Å². The van der Waals surface area contributed by atoms with Crippen molar-refractivity contribution in [3.63, 3.8) is 0 Å². The van der Waals surface area contributed by atoms with Gasteiger partial charge in [-0.05, 0) is 48.2 Å². The summed E-state index contributed by atoms with van der Waals surface area (Å²) in [6, 6.07) is 7.06. The lowest BCUT2D eigenvalue weighted by molar-refractivity contribution is -0.110. The standard InChI is InChI=1S/C16H13NO3S/c1-9-5-6-21-14(9)8-12-11-7-10(16(19)20-2)3-4-13(11)17-15(12)18/h3-8H,1-2H3,(H,17,18). The number of benzene rings is 1. The van der Waals surface area contributed by atoms with Crippen LogP contribution in [-0.4, -0.2) is 19.0 Å². The van der Waals surface area contributed by atoms with Crippen molar-refractivity contribution in [2.24, 2.45) is 0 Å². The van der Waals surface area contributed by atoms with Crippen LogP contribution < -0.4 is 5.32 Å². The number of thiophene rings is 1. The minimum atomic E-state index is -0.413. The summed E-state index contributed by atoms with van der Waals surface area (Å²) in [6.45, 7) is 2.00. The zero-order valence-electron chi connectivity index (χ0n) is 11.6. The van der Waals surface area contributed by atoms with E-state index in [0.29, 0.717) is 16.8 Å². The Kier molecular flexibility index (Phi) is 3.35. The molecule has 0 atom stereocenters. The Morgan fingerprint density at radius 2 is 2.14 bits per heavy atom. The average molecular weight is 299 g/mol. The highest BCUT2D eigenvalue weighted by molar-refractivity contribution is 7.11. The molecule has 1 aromatic carbocycles.